The fourth-order valence-electron chi connectivity index (χ4n) is 1.04. The fraction of sp³-hybridized carbons (Fsp3) is 0.636. The second kappa shape index (κ2) is 6.35. The van der Waals surface area contributed by atoms with Gasteiger partial charge in [0.15, 0.2) is 5.78 Å². The molecule has 0 N–H and O–H groups in total. The van der Waals surface area contributed by atoms with E-state index in [2.05, 4.69) is 6.58 Å². The zero-order valence-electron chi connectivity index (χ0n) is 9.13. The van der Waals surface area contributed by atoms with Gasteiger partial charge in [-0.15, -0.1) is 0 Å². The maximum atomic E-state index is 11.4. The van der Waals surface area contributed by atoms with Gasteiger partial charge in [-0.3, -0.25) is 9.59 Å². The van der Waals surface area contributed by atoms with Gasteiger partial charge in [-0.05, 0) is 13.3 Å². The zero-order chi connectivity index (χ0) is 11.1. The van der Waals surface area contributed by atoms with Crippen LogP contribution in [0.25, 0.3) is 0 Å². The third kappa shape index (κ3) is 4.80. The molecule has 1 atom stereocenters. The zero-order valence-corrected chi connectivity index (χ0v) is 9.13. The highest BCUT2D eigenvalue weighted by atomic mass is 16.5. The third-order valence-corrected chi connectivity index (χ3v) is 1.95. The molecule has 0 bridgehead atoms. The lowest BCUT2D eigenvalue weighted by Crippen LogP contribution is -2.19. The highest BCUT2D eigenvalue weighted by Crippen LogP contribution is 2.10. The van der Waals surface area contributed by atoms with Crippen LogP contribution in [0.15, 0.2) is 12.2 Å². The highest BCUT2D eigenvalue weighted by molar-refractivity contribution is 5.95. The molecule has 3 nitrogen and oxygen atoms in total. The van der Waals surface area contributed by atoms with Crippen LogP contribution in [0.5, 0.6) is 0 Å². The molecule has 0 saturated carbocycles. The van der Waals surface area contributed by atoms with E-state index in [1.807, 2.05) is 6.92 Å². The molecule has 0 aromatic carbocycles. The number of carbonyl (C=O) groups is 2. The topological polar surface area (TPSA) is 43.4 Å². The van der Waals surface area contributed by atoms with E-state index in [0.717, 1.165) is 12.8 Å². The van der Waals surface area contributed by atoms with Gasteiger partial charge in [-0.1, -0.05) is 19.9 Å². The molecule has 80 valence electrons. The molecule has 0 aliphatic heterocycles. The van der Waals surface area contributed by atoms with Crippen molar-refractivity contribution in [2.45, 2.75) is 46.1 Å². The van der Waals surface area contributed by atoms with Crippen LogP contribution >= 0.6 is 0 Å². The third-order valence-electron chi connectivity index (χ3n) is 1.95. The predicted octanol–water partition coefficient (Wildman–Crippen LogP) is 2.25. The van der Waals surface area contributed by atoms with E-state index in [4.69, 9.17) is 4.74 Å². The Morgan fingerprint density at radius 2 is 2.00 bits per heavy atom. The van der Waals surface area contributed by atoms with Gasteiger partial charge in [0, 0.05) is 18.9 Å². The Bertz CT molecular complexity index is 231. The van der Waals surface area contributed by atoms with Gasteiger partial charge in [0.2, 0.25) is 0 Å². The van der Waals surface area contributed by atoms with E-state index in [1.165, 1.54) is 6.92 Å². The van der Waals surface area contributed by atoms with Gasteiger partial charge >= 0.3 is 5.97 Å². The fourth-order valence-corrected chi connectivity index (χ4v) is 1.04. The molecule has 0 aliphatic rings. The van der Waals surface area contributed by atoms with Crippen molar-refractivity contribution in [2.75, 3.05) is 0 Å². The van der Waals surface area contributed by atoms with Crippen LogP contribution in [-0.4, -0.2) is 17.9 Å². The van der Waals surface area contributed by atoms with Crippen LogP contribution in [0, 0.1) is 0 Å². The molecule has 0 unspecified atom stereocenters. The van der Waals surface area contributed by atoms with Crippen molar-refractivity contribution in [3.8, 4) is 0 Å². The lowest BCUT2D eigenvalue weighted by molar-refractivity contribution is -0.144. The summed E-state index contributed by atoms with van der Waals surface area (Å²) in [5, 5.41) is 0. The number of esters is 1. The minimum absolute atomic E-state index is 0.0133. The van der Waals surface area contributed by atoms with Crippen LogP contribution in [0.3, 0.4) is 0 Å². The summed E-state index contributed by atoms with van der Waals surface area (Å²) < 4.78 is 4.85. The van der Waals surface area contributed by atoms with Crippen LogP contribution in [0.4, 0.5) is 0 Å². The summed E-state index contributed by atoms with van der Waals surface area (Å²) in [6.45, 7) is 8.63. The number of hydrogen-bond donors (Lipinski definition) is 0. The van der Waals surface area contributed by atoms with Crippen LogP contribution in [0.2, 0.25) is 0 Å². The van der Waals surface area contributed by atoms with Gasteiger partial charge in [-0.25, -0.2) is 0 Å². The van der Waals surface area contributed by atoms with Crippen molar-refractivity contribution in [3.63, 3.8) is 0 Å². The molecule has 0 rings (SSSR count). The van der Waals surface area contributed by atoms with Crippen LogP contribution in [-0.2, 0) is 14.3 Å². The second-order valence-corrected chi connectivity index (χ2v) is 3.30. The van der Waals surface area contributed by atoms with Crippen molar-refractivity contribution < 1.29 is 14.3 Å². The summed E-state index contributed by atoms with van der Waals surface area (Å²) in [4.78, 5) is 22.1. The number of Topliss-reactive ketones (excluding diaryl/α,β-unsaturated/α-hetero) is 1. The highest BCUT2D eigenvalue weighted by Gasteiger charge is 2.16. The minimum Gasteiger partial charge on any atom is -0.458 e. The molecule has 0 heterocycles. The van der Waals surface area contributed by atoms with E-state index in [1.54, 1.807) is 6.92 Å². The van der Waals surface area contributed by atoms with Crippen molar-refractivity contribution in [1.29, 1.82) is 0 Å². The molecule has 0 saturated heterocycles. The molecule has 0 radical (unpaired) electrons. The van der Waals surface area contributed by atoms with Gasteiger partial charge < -0.3 is 4.74 Å². The first-order chi connectivity index (χ1) is 6.49. The van der Waals surface area contributed by atoms with Crippen molar-refractivity contribution >= 4 is 11.8 Å². The van der Waals surface area contributed by atoms with Crippen molar-refractivity contribution in [3.05, 3.63) is 12.2 Å². The quantitative estimate of drug-likeness (QED) is 0.485. The van der Waals surface area contributed by atoms with Gasteiger partial charge in [-0.2, -0.15) is 0 Å². The largest absolute Gasteiger partial charge is 0.458 e. The smallest absolute Gasteiger partial charge is 0.303 e. The molecule has 0 amide bonds. The van der Waals surface area contributed by atoms with E-state index in [0.29, 0.717) is 12.0 Å². The summed E-state index contributed by atoms with van der Waals surface area (Å²) >= 11 is 0. The average Bonchev–Trinajstić information content (AvgIpc) is 2.11. The molecule has 0 aliphatic carbocycles. The average molecular weight is 198 g/mol. The standard InChI is InChI=1S/C11H18O3/c1-5-6-7-11(13)8(2)9(3)14-10(4)12/h9H,2,5-7H2,1,3-4H3/t9-/m1/s1. The first-order valence-electron chi connectivity index (χ1n) is 4.88. The maximum absolute atomic E-state index is 11.4. The Hall–Kier alpha value is -1.12. The summed E-state index contributed by atoms with van der Waals surface area (Å²) in [5.74, 6) is -0.400. The van der Waals surface area contributed by atoms with E-state index < -0.39 is 6.10 Å². The van der Waals surface area contributed by atoms with Crippen molar-refractivity contribution in [2.24, 2.45) is 0 Å². The normalized spacial score (nSPS) is 11.9. The number of ether oxygens (including phenoxy) is 1. The van der Waals surface area contributed by atoms with Gasteiger partial charge in [0.25, 0.3) is 0 Å². The Balaban J connectivity index is 4.04. The Kier molecular flexibility index (Phi) is 5.84. The number of carbonyl (C=O) groups excluding carboxylic acids is 2. The van der Waals surface area contributed by atoms with Gasteiger partial charge in [0.05, 0.1) is 0 Å². The van der Waals surface area contributed by atoms with E-state index >= 15 is 0 Å². The number of ketones is 1. The molecule has 0 aromatic rings. The molecular formula is C11H18O3. The first-order valence-corrected chi connectivity index (χ1v) is 4.88. The Morgan fingerprint density at radius 3 is 2.43 bits per heavy atom. The van der Waals surface area contributed by atoms with Crippen molar-refractivity contribution in [1.82, 2.24) is 0 Å². The summed E-state index contributed by atoms with van der Waals surface area (Å²) in [7, 11) is 0. The molecular weight excluding hydrogens is 180 g/mol. The monoisotopic (exact) mass is 198 g/mol. The molecule has 14 heavy (non-hydrogen) atoms. The molecule has 0 aromatic heterocycles. The lowest BCUT2D eigenvalue weighted by Gasteiger charge is -2.13. The molecule has 3 heteroatoms. The predicted molar refractivity (Wildman–Crippen MR) is 54.9 cm³/mol. The summed E-state index contributed by atoms with van der Waals surface area (Å²) in [5.41, 5.74) is 0.383. The van der Waals surface area contributed by atoms with Gasteiger partial charge in [0.1, 0.15) is 6.10 Å². The Labute approximate surface area is 85.1 Å². The minimum atomic E-state index is -0.503. The van der Waals surface area contributed by atoms with E-state index in [9.17, 15) is 9.59 Å². The first kappa shape index (κ1) is 12.9. The lowest BCUT2D eigenvalue weighted by atomic mass is 10.0. The molecule has 0 spiro atoms. The van der Waals surface area contributed by atoms with Crippen LogP contribution in [0.1, 0.15) is 40.0 Å². The SMILES string of the molecule is C=C(C(=O)CCCC)[C@@H](C)OC(C)=O. The van der Waals surface area contributed by atoms with Crippen LogP contribution < -0.4 is 0 Å². The second-order valence-electron chi connectivity index (χ2n) is 3.30. The maximum Gasteiger partial charge on any atom is 0.303 e. The Morgan fingerprint density at radius 1 is 1.43 bits per heavy atom. The van der Waals surface area contributed by atoms with E-state index in [-0.39, 0.29) is 11.8 Å². The number of rotatable bonds is 6. The number of unbranched alkanes of at least 4 members (excludes halogenated alkanes) is 1. The summed E-state index contributed by atoms with van der Waals surface area (Å²) in [6.07, 6.45) is 1.81. The summed E-state index contributed by atoms with van der Waals surface area (Å²) in [6, 6.07) is 0. The number of hydrogen-bond acceptors (Lipinski definition) is 3. The molecule has 0 fully saturated rings.